The van der Waals surface area contributed by atoms with E-state index in [4.69, 9.17) is 0 Å². The highest BCUT2D eigenvalue weighted by Gasteiger charge is 2.21. The van der Waals surface area contributed by atoms with E-state index >= 15 is 0 Å². The van der Waals surface area contributed by atoms with Gasteiger partial charge in [-0.05, 0) is 18.8 Å². The van der Waals surface area contributed by atoms with Gasteiger partial charge in [-0.1, -0.05) is 19.8 Å². The highest BCUT2D eigenvalue weighted by Crippen LogP contribution is 2.27. The lowest BCUT2D eigenvalue weighted by Gasteiger charge is -2.29. The van der Waals surface area contributed by atoms with Crippen molar-refractivity contribution in [2.75, 3.05) is 5.32 Å². The van der Waals surface area contributed by atoms with Crippen molar-refractivity contribution in [3.05, 3.63) is 11.6 Å². The summed E-state index contributed by atoms with van der Waals surface area (Å²) in [5, 5.41) is 6.62. The first-order chi connectivity index (χ1) is 6.36. The van der Waals surface area contributed by atoms with E-state index < -0.39 is 0 Å². The highest BCUT2D eigenvalue weighted by atomic mass is 32.1. The second-order valence-corrected chi connectivity index (χ2v) is 4.74. The molecule has 1 saturated carbocycles. The van der Waals surface area contributed by atoms with Crippen LogP contribution >= 0.6 is 11.3 Å². The van der Waals surface area contributed by atoms with Crippen molar-refractivity contribution in [1.82, 2.24) is 4.98 Å². The van der Waals surface area contributed by atoms with Crippen LogP contribution in [0.2, 0.25) is 0 Å². The maximum absolute atomic E-state index is 4.25. The zero-order valence-corrected chi connectivity index (χ0v) is 8.81. The van der Waals surface area contributed by atoms with E-state index in [9.17, 15) is 0 Å². The van der Waals surface area contributed by atoms with Crippen LogP contribution in [0, 0.1) is 5.92 Å². The van der Waals surface area contributed by atoms with E-state index in [1.165, 1.54) is 25.7 Å². The minimum atomic E-state index is 0.653. The van der Waals surface area contributed by atoms with Crippen molar-refractivity contribution in [2.45, 2.75) is 38.6 Å². The number of hydrogen-bond donors (Lipinski definition) is 1. The number of thiazole rings is 1. The van der Waals surface area contributed by atoms with Gasteiger partial charge in [-0.3, -0.25) is 0 Å². The van der Waals surface area contributed by atoms with Gasteiger partial charge in [-0.25, -0.2) is 4.98 Å². The number of aromatic nitrogens is 1. The first-order valence-corrected chi connectivity index (χ1v) is 5.90. The van der Waals surface area contributed by atoms with Crippen molar-refractivity contribution in [3.8, 4) is 0 Å². The molecule has 0 aliphatic heterocycles. The van der Waals surface area contributed by atoms with Gasteiger partial charge in [0.1, 0.15) is 0 Å². The van der Waals surface area contributed by atoms with Gasteiger partial charge in [-0.15, -0.1) is 11.3 Å². The topological polar surface area (TPSA) is 24.9 Å². The summed E-state index contributed by atoms with van der Waals surface area (Å²) < 4.78 is 0. The standard InChI is InChI=1S/C10H16N2S/c1-8-4-2-3-5-9(8)12-10-11-6-7-13-10/h6-9H,2-5H2,1H3,(H,11,12). The zero-order chi connectivity index (χ0) is 9.10. The second-order valence-electron chi connectivity index (χ2n) is 3.85. The first kappa shape index (κ1) is 9.00. The molecule has 0 amide bonds. The van der Waals surface area contributed by atoms with Gasteiger partial charge >= 0.3 is 0 Å². The van der Waals surface area contributed by atoms with Crippen LogP contribution in [0.15, 0.2) is 11.6 Å². The van der Waals surface area contributed by atoms with Crippen molar-refractivity contribution in [2.24, 2.45) is 5.92 Å². The molecule has 0 bridgehead atoms. The van der Waals surface area contributed by atoms with E-state index in [2.05, 4.69) is 17.2 Å². The molecule has 0 spiro atoms. The third-order valence-electron chi connectivity index (χ3n) is 2.85. The summed E-state index contributed by atoms with van der Waals surface area (Å²) in [6.45, 7) is 2.34. The first-order valence-electron chi connectivity index (χ1n) is 5.02. The molecule has 13 heavy (non-hydrogen) atoms. The highest BCUT2D eigenvalue weighted by molar-refractivity contribution is 7.13. The molecule has 2 rings (SSSR count). The Morgan fingerprint density at radius 2 is 2.31 bits per heavy atom. The largest absolute Gasteiger partial charge is 0.359 e. The van der Waals surface area contributed by atoms with Gasteiger partial charge in [0.25, 0.3) is 0 Å². The smallest absolute Gasteiger partial charge is 0.182 e. The van der Waals surface area contributed by atoms with E-state index in [1.807, 2.05) is 11.6 Å². The van der Waals surface area contributed by atoms with Crippen LogP contribution in [0.5, 0.6) is 0 Å². The van der Waals surface area contributed by atoms with E-state index in [0.717, 1.165) is 11.0 Å². The number of nitrogens with zero attached hydrogens (tertiary/aromatic N) is 1. The van der Waals surface area contributed by atoms with Crippen LogP contribution in [0.1, 0.15) is 32.6 Å². The summed E-state index contributed by atoms with van der Waals surface area (Å²) in [7, 11) is 0. The average molecular weight is 196 g/mol. The van der Waals surface area contributed by atoms with Crippen LogP contribution in [0.4, 0.5) is 5.13 Å². The SMILES string of the molecule is CC1CCCCC1Nc1nccs1. The molecule has 2 nitrogen and oxygen atoms in total. The summed E-state index contributed by atoms with van der Waals surface area (Å²) in [5.74, 6) is 0.803. The van der Waals surface area contributed by atoms with Crippen molar-refractivity contribution >= 4 is 16.5 Å². The summed E-state index contributed by atoms with van der Waals surface area (Å²) in [6, 6.07) is 0.653. The Hall–Kier alpha value is -0.570. The van der Waals surface area contributed by atoms with Crippen LogP contribution in [-0.4, -0.2) is 11.0 Å². The third kappa shape index (κ3) is 2.21. The van der Waals surface area contributed by atoms with Crippen LogP contribution in [-0.2, 0) is 0 Å². The minimum absolute atomic E-state index is 0.653. The number of hydrogen-bond acceptors (Lipinski definition) is 3. The molecular weight excluding hydrogens is 180 g/mol. The third-order valence-corrected chi connectivity index (χ3v) is 3.56. The van der Waals surface area contributed by atoms with E-state index in [1.54, 1.807) is 11.3 Å². The Morgan fingerprint density at radius 3 is 3.00 bits per heavy atom. The van der Waals surface area contributed by atoms with Gasteiger partial charge in [-0.2, -0.15) is 0 Å². The van der Waals surface area contributed by atoms with Gasteiger partial charge in [0.15, 0.2) is 5.13 Å². The summed E-state index contributed by atoms with van der Waals surface area (Å²) in [5.41, 5.74) is 0. The lowest BCUT2D eigenvalue weighted by Crippen LogP contribution is -2.30. The van der Waals surface area contributed by atoms with Crippen LogP contribution in [0.3, 0.4) is 0 Å². The molecule has 2 unspecified atom stereocenters. The van der Waals surface area contributed by atoms with Gasteiger partial charge in [0.05, 0.1) is 0 Å². The summed E-state index contributed by atoms with van der Waals surface area (Å²) >= 11 is 1.70. The fourth-order valence-corrected chi connectivity index (χ4v) is 2.58. The summed E-state index contributed by atoms with van der Waals surface area (Å²) in [4.78, 5) is 4.25. The zero-order valence-electron chi connectivity index (χ0n) is 7.99. The maximum Gasteiger partial charge on any atom is 0.182 e. The monoisotopic (exact) mass is 196 g/mol. The summed E-state index contributed by atoms with van der Waals surface area (Å²) in [6.07, 6.45) is 7.30. The van der Waals surface area contributed by atoms with Crippen LogP contribution < -0.4 is 5.32 Å². The van der Waals surface area contributed by atoms with Gasteiger partial charge in [0.2, 0.25) is 0 Å². The lowest BCUT2D eigenvalue weighted by atomic mass is 9.86. The fourth-order valence-electron chi connectivity index (χ4n) is 1.98. The van der Waals surface area contributed by atoms with Crippen molar-refractivity contribution in [3.63, 3.8) is 0 Å². The number of rotatable bonds is 2. The minimum Gasteiger partial charge on any atom is -0.359 e. The molecule has 1 aromatic heterocycles. The molecule has 1 fully saturated rings. The Bertz CT molecular complexity index is 245. The van der Waals surface area contributed by atoms with Gasteiger partial charge < -0.3 is 5.32 Å². The Labute approximate surface area is 83.4 Å². The van der Waals surface area contributed by atoms with Gasteiger partial charge in [0, 0.05) is 17.6 Å². The quantitative estimate of drug-likeness (QED) is 0.786. The maximum atomic E-state index is 4.25. The molecule has 1 N–H and O–H groups in total. The molecule has 2 atom stereocenters. The average Bonchev–Trinajstić information content (AvgIpc) is 2.61. The predicted molar refractivity (Wildman–Crippen MR) is 57.2 cm³/mol. The lowest BCUT2D eigenvalue weighted by molar-refractivity contribution is 0.349. The number of anilines is 1. The Kier molecular flexibility index (Phi) is 2.83. The normalized spacial score (nSPS) is 28.7. The Balaban J connectivity index is 1.93. The molecule has 1 aliphatic rings. The molecule has 1 heterocycles. The number of nitrogens with one attached hydrogen (secondary N) is 1. The molecule has 0 aromatic carbocycles. The molecule has 1 aliphatic carbocycles. The van der Waals surface area contributed by atoms with Crippen LogP contribution in [0.25, 0.3) is 0 Å². The molecule has 72 valence electrons. The Morgan fingerprint density at radius 1 is 1.46 bits per heavy atom. The molecular formula is C10H16N2S. The molecule has 0 radical (unpaired) electrons. The van der Waals surface area contributed by atoms with Crippen molar-refractivity contribution in [1.29, 1.82) is 0 Å². The fraction of sp³-hybridized carbons (Fsp3) is 0.700. The predicted octanol–water partition coefficient (Wildman–Crippen LogP) is 3.13. The second kappa shape index (κ2) is 4.09. The van der Waals surface area contributed by atoms with E-state index in [0.29, 0.717) is 6.04 Å². The van der Waals surface area contributed by atoms with E-state index in [-0.39, 0.29) is 0 Å². The molecule has 0 saturated heterocycles. The van der Waals surface area contributed by atoms with Crippen molar-refractivity contribution < 1.29 is 0 Å². The molecule has 1 aromatic rings. The molecule has 3 heteroatoms.